The van der Waals surface area contributed by atoms with Gasteiger partial charge in [-0.2, -0.15) is 0 Å². The van der Waals surface area contributed by atoms with E-state index in [2.05, 4.69) is 33.3 Å². The van der Waals surface area contributed by atoms with Gasteiger partial charge in [0, 0.05) is 26.2 Å². The molecule has 4 rings (SSSR count). The van der Waals surface area contributed by atoms with E-state index in [0.29, 0.717) is 13.2 Å². The number of ether oxygens (including phenoxy) is 2. The highest BCUT2D eigenvalue weighted by Crippen LogP contribution is 2.27. The van der Waals surface area contributed by atoms with Gasteiger partial charge in [-0.25, -0.2) is 0 Å². The van der Waals surface area contributed by atoms with E-state index in [9.17, 15) is 4.79 Å². The first-order valence-electron chi connectivity index (χ1n) is 9.32. The Hall–Kier alpha value is -2.57. The molecule has 6 nitrogen and oxygen atoms in total. The molecule has 0 atom stereocenters. The summed E-state index contributed by atoms with van der Waals surface area (Å²) in [5.74, 6) is 0.838. The van der Waals surface area contributed by atoms with Crippen LogP contribution in [0.15, 0.2) is 42.5 Å². The van der Waals surface area contributed by atoms with Crippen molar-refractivity contribution >= 4 is 11.6 Å². The van der Waals surface area contributed by atoms with E-state index in [1.54, 1.807) is 7.11 Å². The lowest BCUT2D eigenvalue weighted by Gasteiger charge is -2.32. The van der Waals surface area contributed by atoms with Gasteiger partial charge >= 0.3 is 0 Å². The van der Waals surface area contributed by atoms with E-state index in [1.807, 2.05) is 24.3 Å². The summed E-state index contributed by atoms with van der Waals surface area (Å²) in [6.45, 7) is 5.49. The summed E-state index contributed by atoms with van der Waals surface area (Å²) in [6, 6.07) is 14.3. The van der Waals surface area contributed by atoms with Crippen LogP contribution in [0.2, 0.25) is 0 Å². The largest absolute Gasteiger partial charge is 0.497 e. The predicted molar refractivity (Wildman–Crippen MR) is 104 cm³/mol. The van der Waals surface area contributed by atoms with Gasteiger partial charge in [0.25, 0.3) is 5.91 Å². The van der Waals surface area contributed by atoms with Gasteiger partial charge < -0.3 is 19.7 Å². The lowest BCUT2D eigenvalue weighted by atomic mass is 10.0. The van der Waals surface area contributed by atoms with Crippen molar-refractivity contribution in [3.63, 3.8) is 0 Å². The maximum Gasteiger partial charge on any atom is 0.254 e. The number of methoxy groups -OCH3 is 1. The van der Waals surface area contributed by atoms with Crippen LogP contribution in [0.1, 0.15) is 21.5 Å². The number of benzene rings is 2. The number of carbonyl (C=O) groups is 1. The highest BCUT2D eigenvalue weighted by molar-refractivity contribution is 6.01. The molecule has 0 saturated carbocycles. The van der Waals surface area contributed by atoms with E-state index < -0.39 is 0 Å². The number of hydrogen-bond donors (Lipinski definition) is 1. The molecule has 2 aliphatic heterocycles. The van der Waals surface area contributed by atoms with Crippen molar-refractivity contribution in [1.29, 1.82) is 0 Å². The summed E-state index contributed by atoms with van der Waals surface area (Å²) in [5, 5.41) is 2.99. The van der Waals surface area contributed by atoms with Crippen molar-refractivity contribution < 1.29 is 14.3 Å². The van der Waals surface area contributed by atoms with Crippen LogP contribution in [-0.2, 0) is 17.8 Å². The highest BCUT2D eigenvalue weighted by Gasteiger charge is 2.23. The number of fused-ring (bicyclic) bond motifs is 1. The molecule has 2 aliphatic rings. The molecule has 0 bridgehead atoms. The number of nitrogens with zero attached hydrogens (tertiary/aromatic N) is 2. The summed E-state index contributed by atoms with van der Waals surface area (Å²) in [4.78, 5) is 17.0. The molecule has 0 unspecified atom stereocenters. The van der Waals surface area contributed by atoms with Gasteiger partial charge in [-0.3, -0.25) is 9.69 Å². The van der Waals surface area contributed by atoms with Crippen molar-refractivity contribution in [3.8, 4) is 5.75 Å². The lowest BCUT2D eigenvalue weighted by Crippen LogP contribution is -2.43. The Balaban J connectivity index is 1.54. The van der Waals surface area contributed by atoms with Crippen LogP contribution >= 0.6 is 0 Å². The normalized spacial score (nSPS) is 17.4. The second kappa shape index (κ2) is 7.98. The molecule has 142 valence electrons. The minimum absolute atomic E-state index is 0.00396. The van der Waals surface area contributed by atoms with Gasteiger partial charge in [0.05, 0.1) is 38.2 Å². The molecule has 1 fully saturated rings. The van der Waals surface area contributed by atoms with Crippen LogP contribution < -0.4 is 15.0 Å². The molecule has 1 amide bonds. The molecule has 0 aromatic heterocycles. The summed E-state index contributed by atoms with van der Waals surface area (Å²) in [6.07, 6.45) is 0. The van der Waals surface area contributed by atoms with Gasteiger partial charge in [0.1, 0.15) is 5.75 Å². The van der Waals surface area contributed by atoms with Gasteiger partial charge in [-0.1, -0.05) is 18.2 Å². The number of rotatable bonds is 5. The molecule has 2 aromatic carbocycles. The third kappa shape index (κ3) is 4.07. The molecule has 0 spiro atoms. The van der Waals surface area contributed by atoms with Crippen LogP contribution in [0.4, 0.5) is 5.69 Å². The third-order valence-corrected chi connectivity index (χ3v) is 5.09. The summed E-state index contributed by atoms with van der Waals surface area (Å²) >= 11 is 0. The molecule has 2 heterocycles. The topological polar surface area (TPSA) is 54.0 Å². The van der Waals surface area contributed by atoms with Gasteiger partial charge in [0.2, 0.25) is 0 Å². The number of nitrogens with one attached hydrogen (secondary N) is 1. The molecule has 0 aliphatic carbocycles. The first-order valence-corrected chi connectivity index (χ1v) is 9.32. The number of morpholine rings is 1. The second-order valence-corrected chi connectivity index (χ2v) is 6.95. The highest BCUT2D eigenvalue weighted by atomic mass is 16.5. The fourth-order valence-electron chi connectivity index (χ4n) is 3.64. The molecular weight excluding hydrogens is 342 g/mol. The number of anilines is 1. The Bertz CT molecular complexity index is 818. The fourth-order valence-corrected chi connectivity index (χ4v) is 3.64. The number of amides is 1. The standard InChI is InChI=1S/C21H25N3O3/c1-26-18-4-2-3-16(11-18)14-24-15-22-21(25)19-12-17(5-6-20(19)24)13-23-7-9-27-10-8-23/h2-6,11-12H,7-10,13-15H2,1H3,(H,22,25). The molecule has 0 radical (unpaired) electrons. The molecule has 1 N–H and O–H groups in total. The molecule has 2 aromatic rings. The Labute approximate surface area is 159 Å². The third-order valence-electron chi connectivity index (χ3n) is 5.09. The van der Waals surface area contributed by atoms with E-state index >= 15 is 0 Å². The van der Waals surface area contributed by atoms with Crippen LogP contribution in [0.3, 0.4) is 0 Å². The first-order chi connectivity index (χ1) is 13.2. The summed E-state index contributed by atoms with van der Waals surface area (Å²) < 4.78 is 10.7. The molecule has 27 heavy (non-hydrogen) atoms. The minimum Gasteiger partial charge on any atom is -0.497 e. The maximum absolute atomic E-state index is 12.4. The van der Waals surface area contributed by atoms with Crippen LogP contribution in [0.25, 0.3) is 0 Å². The van der Waals surface area contributed by atoms with E-state index in [1.165, 1.54) is 0 Å². The van der Waals surface area contributed by atoms with Gasteiger partial charge in [-0.05, 0) is 35.4 Å². The molecular formula is C21H25N3O3. The van der Waals surface area contributed by atoms with Crippen molar-refractivity contribution in [2.45, 2.75) is 13.1 Å². The Morgan fingerprint density at radius 3 is 2.70 bits per heavy atom. The summed E-state index contributed by atoms with van der Waals surface area (Å²) in [5.41, 5.74) is 4.03. The smallest absolute Gasteiger partial charge is 0.254 e. The Morgan fingerprint density at radius 2 is 1.89 bits per heavy atom. The zero-order chi connectivity index (χ0) is 18.6. The first kappa shape index (κ1) is 17.8. The summed E-state index contributed by atoms with van der Waals surface area (Å²) in [7, 11) is 1.67. The Kier molecular flexibility index (Phi) is 5.27. The second-order valence-electron chi connectivity index (χ2n) is 6.95. The average Bonchev–Trinajstić information content (AvgIpc) is 2.71. The fraction of sp³-hybridized carbons (Fsp3) is 0.381. The molecule has 6 heteroatoms. The van der Waals surface area contributed by atoms with Crippen molar-refractivity contribution in [1.82, 2.24) is 10.2 Å². The van der Waals surface area contributed by atoms with Crippen LogP contribution in [0, 0.1) is 0 Å². The van der Waals surface area contributed by atoms with Gasteiger partial charge in [-0.15, -0.1) is 0 Å². The van der Waals surface area contributed by atoms with Crippen LogP contribution in [0.5, 0.6) is 5.75 Å². The Morgan fingerprint density at radius 1 is 1.07 bits per heavy atom. The van der Waals surface area contributed by atoms with Gasteiger partial charge in [0.15, 0.2) is 0 Å². The number of carbonyl (C=O) groups excluding carboxylic acids is 1. The zero-order valence-electron chi connectivity index (χ0n) is 15.6. The van der Waals surface area contributed by atoms with Crippen molar-refractivity contribution in [3.05, 3.63) is 59.2 Å². The van der Waals surface area contributed by atoms with Crippen LogP contribution in [-0.4, -0.2) is 50.9 Å². The van der Waals surface area contributed by atoms with E-state index in [0.717, 1.165) is 61.0 Å². The lowest BCUT2D eigenvalue weighted by molar-refractivity contribution is 0.0342. The number of hydrogen-bond acceptors (Lipinski definition) is 5. The average molecular weight is 367 g/mol. The molecule has 1 saturated heterocycles. The maximum atomic E-state index is 12.4. The van der Waals surface area contributed by atoms with Crippen molar-refractivity contribution in [2.75, 3.05) is 45.0 Å². The minimum atomic E-state index is -0.00396. The van der Waals surface area contributed by atoms with E-state index in [4.69, 9.17) is 9.47 Å². The predicted octanol–water partition coefficient (Wildman–Crippen LogP) is 2.23. The quantitative estimate of drug-likeness (QED) is 0.878. The van der Waals surface area contributed by atoms with Crippen molar-refractivity contribution in [2.24, 2.45) is 0 Å². The van der Waals surface area contributed by atoms with E-state index in [-0.39, 0.29) is 5.91 Å². The zero-order valence-corrected chi connectivity index (χ0v) is 15.6. The monoisotopic (exact) mass is 367 g/mol. The SMILES string of the molecule is COc1cccc(CN2CNC(=O)c3cc(CN4CCOCC4)ccc32)c1.